The summed E-state index contributed by atoms with van der Waals surface area (Å²) < 4.78 is 72.9. The number of ether oxygens (including phenoxy) is 2. The van der Waals surface area contributed by atoms with Crippen molar-refractivity contribution in [3.8, 4) is 0 Å². The number of aliphatic hydroxyl groups excluding tert-OH is 2. The molecular weight excluding hydrogens is 706 g/mol. The third-order valence-corrected chi connectivity index (χ3v) is 9.52. The van der Waals surface area contributed by atoms with Crippen LogP contribution >= 0.6 is 7.82 Å². The number of phosphoric ester groups is 1. The molecule has 0 aliphatic heterocycles. The summed E-state index contributed by atoms with van der Waals surface area (Å²) in [7, 11) is -5.74. The third kappa shape index (κ3) is 41.2. The molecule has 308 valence electrons. The van der Waals surface area contributed by atoms with Gasteiger partial charge in [-0.1, -0.05) is 161 Å². The van der Waals surface area contributed by atoms with Crippen LogP contribution in [0.4, 0.5) is 0 Å². The summed E-state index contributed by atoms with van der Waals surface area (Å²) in [5, 5.41) is 18.4. The van der Waals surface area contributed by atoms with Gasteiger partial charge in [-0.2, -0.15) is 0 Å². The van der Waals surface area contributed by atoms with E-state index in [1.54, 1.807) is 0 Å². The number of rotatable bonds is 40. The van der Waals surface area contributed by atoms with E-state index in [2.05, 4.69) is 35.0 Å². The molecule has 2 N–H and O–H groups in total. The van der Waals surface area contributed by atoms with Gasteiger partial charge in [-0.05, 0) is 38.5 Å². The number of allylic oxidation sites excluding steroid dienone is 2. The van der Waals surface area contributed by atoms with Crippen molar-refractivity contribution >= 4 is 19.8 Å². The fourth-order valence-electron chi connectivity index (χ4n) is 5.54. The molecule has 0 aromatic heterocycles. The Morgan fingerprint density at radius 1 is 0.660 bits per heavy atom. The Morgan fingerprint density at radius 3 is 1.49 bits per heavy atom. The number of phosphoric acid groups is 1. The van der Waals surface area contributed by atoms with E-state index < -0.39 is 58.3 Å². The number of hydrogen-bond acceptors (Lipinski definition) is 10. The van der Waals surface area contributed by atoms with Gasteiger partial charge >= 0.3 is 41.5 Å². The molecule has 2 unspecified atom stereocenters. The molecule has 0 aromatic carbocycles. The van der Waals surface area contributed by atoms with Crippen molar-refractivity contribution in [3.05, 3.63) is 12.2 Å². The van der Waals surface area contributed by atoms with E-state index in [0.717, 1.165) is 57.8 Å². The fourth-order valence-corrected chi connectivity index (χ4v) is 6.14. The maximum Gasteiger partial charge on any atom is 1.00 e. The molecule has 0 radical (unpaired) electrons. The van der Waals surface area contributed by atoms with Crippen LogP contribution in [0.25, 0.3) is 0 Å². The molecular formula is C41H78NaO10P. The van der Waals surface area contributed by atoms with E-state index in [4.69, 9.17) is 21.4 Å². The van der Waals surface area contributed by atoms with Crippen LogP contribution in [0.5, 0.6) is 0 Å². The average Bonchev–Trinajstić information content (AvgIpc) is 3.14. The molecule has 3 atom stereocenters. The van der Waals surface area contributed by atoms with E-state index >= 15 is 0 Å². The first kappa shape index (κ1) is 45.4. The summed E-state index contributed by atoms with van der Waals surface area (Å²) in [6.07, 6.45) is 26.7. The van der Waals surface area contributed by atoms with Crippen molar-refractivity contribution in [2.45, 2.75) is 212 Å². The molecule has 0 bridgehead atoms. The normalized spacial score (nSPS) is 16.3. The van der Waals surface area contributed by atoms with Crippen LogP contribution in [0.3, 0.4) is 0 Å². The Labute approximate surface area is 353 Å². The summed E-state index contributed by atoms with van der Waals surface area (Å²) in [4.78, 5) is 38.0. The van der Waals surface area contributed by atoms with Crippen molar-refractivity contribution in [2.75, 3.05) is 26.3 Å². The molecule has 0 aliphatic carbocycles. The van der Waals surface area contributed by atoms with Crippen LogP contribution in [0, 0.1) is 0 Å². The van der Waals surface area contributed by atoms with Gasteiger partial charge in [0, 0.05) is 12.8 Å². The van der Waals surface area contributed by atoms with Crippen molar-refractivity contribution in [1.29, 1.82) is 0 Å². The number of carbonyl (C=O) groups excluding carboxylic acids is 2. The number of carbonyl (C=O) groups is 2. The largest absolute Gasteiger partial charge is 1.00 e. The van der Waals surface area contributed by atoms with E-state index in [9.17, 15) is 24.2 Å². The summed E-state index contributed by atoms with van der Waals surface area (Å²) >= 11 is 0. The summed E-state index contributed by atoms with van der Waals surface area (Å²) in [5.74, 6) is -2.35. The molecule has 0 rings (SSSR count). The monoisotopic (exact) mass is 790 g/mol. The second-order valence-corrected chi connectivity index (χ2v) is 15.2. The Kier molecular flexibility index (Phi) is 35.4. The molecule has 0 amide bonds. The van der Waals surface area contributed by atoms with Crippen molar-refractivity contribution in [1.82, 2.24) is 0 Å². The second-order valence-electron chi connectivity index (χ2n) is 13.8. The molecule has 0 saturated heterocycles. The molecule has 0 aromatic rings. The maximum absolute atomic E-state index is 12.9. The standard InChI is InChI=1S/C41H79O10P.Na/c1-3-5-7-9-11-13-15-17-19-21-23-25-27-29-31-33-41(45)51-39(37-50-52(46,47)49-35-38(43)34-42)36-48-40(44)32-30-28-26-24-22-20-18-16-14-12-10-8-6-4-2;/h17,19,38-39,42-43H,3-16,18,20-37H2,1-2H3,(H,46,47);/q;+1/p-1/b19-17+;/t38?,39-;/m1./s1/i36D2,37D2,39D;. The molecule has 53 heavy (non-hydrogen) atoms. The minimum atomic E-state index is -5.74. The van der Waals surface area contributed by atoms with Gasteiger partial charge in [0.25, 0.3) is 7.82 Å². The smallest absolute Gasteiger partial charge is 0.756 e. The SMILES string of the molecule is [2H]C([2H])(OC(=O)CCCCCCCCCCCCCCCC)[C@@]([2H])(OC(=O)CCCCCCC/C=C/CCCCCCCC)C([2H])([2H])OP(=O)([O-])OCC(O)CO.[Na+]. The summed E-state index contributed by atoms with van der Waals surface area (Å²) in [6.45, 7) is -5.20. The average molecular weight is 790 g/mol. The first-order chi connectivity index (χ1) is 27.1. The van der Waals surface area contributed by atoms with Crippen LogP contribution < -0.4 is 34.5 Å². The Bertz CT molecular complexity index is 1110. The van der Waals surface area contributed by atoms with Gasteiger partial charge in [0.05, 0.1) is 26.6 Å². The second kappa shape index (κ2) is 41.3. The third-order valence-electron chi connectivity index (χ3n) is 8.74. The summed E-state index contributed by atoms with van der Waals surface area (Å²) in [6, 6.07) is 0. The Hall–Kier alpha value is -0.290. The number of unbranched alkanes of at least 4 members (excludes halogenated alkanes) is 24. The van der Waals surface area contributed by atoms with Crippen molar-refractivity contribution < 1.29 is 84.2 Å². The number of aliphatic hydroxyl groups is 2. The van der Waals surface area contributed by atoms with E-state index in [1.807, 2.05) is 0 Å². The zero-order valence-electron chi connectivity index (χ0n) is 38.8. The maximum atomic E-state index is 12.9. The van der Waals surface area contributed by atoms with Crippen LogP contribution in [0.2, 0.25) is 0 Å². The van der Waals surface area contributed by atoms with Gasteiger partial charge in [0.15, 0.2) is 6.08 Å². The van der Waals surface area contributed by atoms with Gasteiger partial charge in [-0.25, -0.2) is 0 Å². The minimum Gasteiger partial charge on any atom is -0.756 e. The van der Waals surface area contributed by atoms with E-state index in [-0.39, 0.29) is 48.8 Å². The molecule has 10 nitrogen and oxygen atoms in total. The van der Waals surface area contributed by atoms with Crippen molar-refractivity contribution in [3.63, 3.8) is 0 Å². The van der Waals surface area contributed by atoms with Crippen LogP contribution in [-0.4, -0.2) is 60.7 Å². The number of hydrogen-bond donors (Lipinski definition) is 2. The number of esters is 2. The fraction of sp³-hybridized carbons (Fsp3) is 0.902. The molecule has 12 heteroatoms. The summed E-state index contributed by atoms with van der Waals surface area (Å²) in [5.41, 5.74) is 0. The predicted octanol–water partition coefficient (Wildman–Crippen LogP) is 7.21. The van der Waals surface area contributed by atoms with Crippen LogP contribution in [0.1, 0.15) is 207 Å². The van der Waals surface area contributed by atoms with E-state index in [0.29, 0.717) is 19.3 Å². The van der Waals surface area contributed by atoms with Gasteiger partial charge < -0.3 is 33.6 Å². The zero-order chi connectivity index (χ0) is 42.9. The van der Waals surface area contributed by atoms with Crippen molar-refractivity contribution in [2.24, 2.45) is 0 Å². The van der Waals surface area contributed by atoms with E-state index in [1.165, 1.54) is 89.9 Å². The molecule has 0 fully saturated rings. The quantitative estimate of drug-likeness (QED) is 0.0214. The molecule has 0 aliphatic rings. The first-order valence-corrected chi connectivity index (χ1v) is 22.1. The Morgan fingerprint density at radius 2 is 1.06 bits per heavy atom. The topological polar surface area (TPSA) is 152 Å². The van der Waals surface area contributed by atoms with Crippen LogP contribution in [-0.2, 0) is 32.7 Å². The zero-order valence-corrected chi connectivity index (χ0v) is 36.7. The van der Waals surface area contributed by atoms with Gasteiger partial charge in [-0.3, -0.25) is 14.2 Å². The van der Waals surface area contributed by atoms with Gasteiger partial charge in [0.1, 0.15) is 12.7 Å². The van der Waals surface area contributed by atoms with Gasteiger partial charge in [0.2, 0.25) is 0 Å². The Balaban J connectivity index is 0. The molecule has 0 spiro atoms. The molecule has 0 heterocycles. The molecule has 0 saturated carbocycles. The first-order valence-electron chi connectivity index (χ1n) is 23.1. The van der Waals surface area contributed by atoms with Gasteiger partial charge in [-0.15, -0.1) is 0 Å². The minimum absolute atomic E-state index is 0. The predicted molar refractivity (Wildman–Crippen MR) is 208 cm³/mol. The van der Waals surface area contributed by atoms with Crippen LogP contribution in [0.15, 0.2) is 12.2 Å².